The average molecular weight is 488 g/mol. The van der Waals surface area contributed by atoms with Gasteiger partial charge in [-0.15, -0.1) is 0 Å². The van der Waals surface area contributed by atoms with Crippen molar-refractivity contribution in [1.82, 2.24) is 15.5 Å². The Bertz CT molecular complexity index is 884. The van der Waals surface area contributed by atoms with Crippen molar-refractivity contribution in [2.45, 2.75) is 123 Å². The van der Waals surface area contributed by atoms with Crippen LogP contribution in [0, 0.1) is 6.92 Å². The molecule has 0 bridgehead atoms. The Hall–Kier alpha value is -2.57. The van der Waals surface area contributed by atoms with Crippen LogP contribution in [0.1, 0.15) is 104 Å². The molecule has 1 saturated carbocycles. The number of rotatable bonds is 8. The monoisotopic (exact) mass is 487 g/mol. The fourth-order valence-electron chi connectivity index (χ4n) is 4.49. The number of nitrogens with one attached hydrogen (secondary N) is 2. The maximum atomic E-state index is 13.9. The number of hydrogen-bond donors (Lipinski definition) is 2. The van der Waals surface area contributed by atoms with Crippen LogP contribution in [0.2, 0.25) is 0 Å². The van der Waals surface area contributed by atoms with Gasteiger partial charge in [-0.1, -0.05) is 56.0 Å². The van der Waals surface area contributed by atoms with Gasteiger partial charge in [0.1, 0.15) is 17.7 Å². The minimum Gasteiger partial charge on any atom is -0.444 e. The van der Waals surface area contributed by atoms with Crippen LogP contribution in [0.4, 0.5) is 4.79 Å². The molecule has 1 aromatic carbocycles. The molecule has 0 aliphatic heterocycles. The summed E-state index contributed by atoms with van der Waals surface area (Å²) >= 11 is 0. The first-order chi connectivity index (χ1) is 16.2. The molecule has 0 spiro atoms. The summed E-state index contributed by atoms with van der Waals surface area (Å²) in [5.74, 6) is -0.505. The van der Waals surface area contributed by atoms with E-state index in [9.17, 15) is 14.4 Å². The molecule has 1 fully saturated rings. The Morgan fingerprint density at radius 2 is 1.71 bits per heavy atom. The van der Waals surface area contributed by atoms with E-state index in [1.165, 1.54) is 6.42 Å². The first-order valence-electron chi connectivity index (χ1n) is 12.9. The molecular weight excluding hydrogens is 442 g/mol. The van der Waals surface area contributed by atoms with Gasteiger partial charge in [-0.25, -0.2) is 4.79 Å². The second-order valence-electron chi connectivity index (χ2n) is 11.4. The van der Waals surface area contributed by atoms with Crippen molar-refractivity contribution in [3.63, 3.8) is 0 Å². The normalized spacial score (nSPS) is 16.7. The van der Waals surface area contributed by atoms with Crippen LogP contribution in [0.15, 0.2) is 24.3 Å². The van der Waals surface area contributed by atoms with Gasteiger partial charge < -0.3 is 20.3 Å². The highest BCUT2D eigenvalue weighted by molar-refractivity contribution is 5.92. The molecule has 2 unspecified atom stereocenters. The molecule has 2 atom stereocenters. The van der Waals surface area contributed by atoms with E-state index in [2.05, 4.69) is 10.6 Å². The third-order valence-corrected chi connectivity index (χ3v) is 6.67. The summed E-state index contributed by atoms with van der Waals surface area (Å²) in [5.41, 5.74) is 0.454. The van der Waals surface area contributed by atoms with Crippen molar-refractivity contribution in [3.05, 3.63) is 35.4 Å². The molecule has 35 heavy (non-hydrogen) atoms. The van der Waals surface area contributed by atoms with Gasteiger partial charge in [0.25, 0.3) is 0 Å². The molecule has 0 radical (unpaired) electrons. The lowest BCUT2D eigenvalue weighted by Gasteiger charge is -2.44. The Morgan fingerprint density at radius 3 is 2.26 bits per heavy atom. The minimum absolute atomic E-state index is 0.113. The highest BCUT2D eigenvalue weighted by Gasteiger charge is 2.42. The summed E-state index contributed by atoms with van der Waals surface area (Å²) in [6.07, 6.45) is 5.26. The van der Waals surface area contributed by atoms with Crippen LogP contribution in [-0.4, -0.2) is 46.0 Å². The van der Waals surface area contributed by atoms with Gasteiger partial charge in [-0.2, -0.15) is 0 Å². The number of amides is 3. The zero-order valence-electron chi connectivity index (χ0n) is 22.9. The van der Waals surface area contributed by atoms with Gasteiger partial charge in [0.15, 0.2) is 0 Å². The lowest BCUT2D eigenvalue weighted by molar-refractivity contribution is -0.149. The van der Waals surface area contributed by atoms with Crippen LogP contribution in [-0.2, 0) is 14.3 Å². The highest BCUT2D eigenvalue weighted by atomic mass is 16.6. The lowest BCUT2D eigenvalue weighted by atomic mass is 9.90. The summed E-state index contributed by atoms with van der Waals surface area (Å²) in [5, 5.41) is 5.90. The van der Waals surface area contributed by atoms with Crippen LogP contribution in [0.5, 0.6) is 0 Å². The SMILES string of the molecule is CCC(C)(C)N(C(=O)C(C)NC(=O)OC(C)(C)C)C(C(=O)NC1CCCCC1)c1cccc(C)c1. The topological polar surface area (TPSA) is 87.7 Å². The molecule has 196 valence electrons. The molecule has 2 rings (SSSR count). The summed E-state index contributed by atoms with van der Waals surface area (Å²) in [4.78, 5) is 41.8. The Morgan fingerprint density at radius 1 is 1.09 bits per heavy atom. The van der Waals surface area contributed by atoms with Crippen molar-refractivity contribution in [2.75, 3.05) is 0 Å². The number of carbonyl (C=O) groups excluding carboxylic acids is 3. The Balaban J connectivity index is 2.44. The van der Waals surface area contributed by atoms with E-state index < -0.39 is 29.3 Å². The zero-order valence-corrected chi connectivity index (χ0v) is 22.9. The predicted octanol–water partition coefficient (Wildman–Crippen LogP) is 5.42. The van der Waals surface area contributed by atoms with E-state index in [1.54, 1.807) is 32.6 Å². The largest absolute Gasteiger partial charge is 0.444 e. The van der Waals surface area contributed by atoms with Crippen molar-refractivity contribution in [2.24, 2.45) is 0 Å². The fourth-order valence-corrected chi connectivity index (χ4v) is 4.49. The third-order valence-electron chi connectivity index (χ3n) is 6.67. The van der Waals surface area contributed by atoms with Crippen LogP contribution >= 0.6 is 0 Å². The van der Waals surface area contributed by atoms with Gasteiger partial charge in [0.05, 0.1) is 0 Å². The van der Waals surface area contributed by atoms with Gasteiger partial charge in [0.2, 0.25) is 11.8 Å². The Labute approximate surface area is 211 Å². The van der Waals surface area contributed by atoms with Crippen LogP contribution < -0.4 is 10.6 Å². The summed E-state index contributed by atoms with van der Waals surface area (Å²) < 4.78 is 5.36. The fraction of sp³-hybridized carbons (Fsp3) is 0.679. The molecule has 7 nitrogen and oxygen atoms in total. The van der Waals surface area contributed by atoms with Crippen molar-refractivity contribution in [1.29, 1.82) is 0 Å². The van der Waals surface area contributed by atoms with Gasteiger partial charge in [0, 0.05) is 11.6 Å². The smallest absolute Gasteiger partial charge is 0.408 e. The number of benzene rings is 1. The molecule has 0 aromatic heterocycles. The molecule has 3 amide bonds. The number of ether oxygens (including phenoxy) is 1. The van der Waals surface area contributed by atoms with Crippen LogP contribution in [0.3, 0.4) is 0 Å². The van der Waals surface area contributed by atoms with Crippen molar-refractivity contribution >= 4 is 17.9 Å². The molecular formula is C28H45N3O4. The lowest BCUT2D eigenvalue weighted by Crippen LogP contribution is -2.59. The summed E-state index contributed by atoms with van der Waals surface area (Å²) in [7, 11) is 0. The van der Waals surface area contributed by atoms with Gasteiger partial charge >= 0.3 is 6.09 Å². The number of alkyl carbamates (subject to hydrolysis) is 1. The highest BCUT2D eigenvalue weighted by Crippen LogP contribution is 2.33. The van der Waals surface area contributed by atoms with E-state index in [1.807, 2.05) is 52.0 Å². The minimum atomic E-state index is -0.870. The summed E-state index contributed by atoms with van der Waals surface area (Å²) in [6, 6.07) is 6.17. The predicted molar refractivity (Wildman–Crippen MR) is 139 cm³/mol. The Kier molecular flexibility index (Phi) is 9.76. The quantitative estimate of drug-likeness (QED) is 0.513. The average Bonchev–Trinajstić information content (AvgIpc) is 2.75. The van der Waals surface area contributed by atoms with E-state index >= 15 is 0 Å². The molecule has 7 heteroatoms. The van der Waals surface area contributed by atoms with Gasteiger partial charge in [-0.3, -0.25) is 9.59 Å². The molecule has 0 heterocycles. The number of aryl methyl sites for hydroxylation is 1. The van der Waals surface area contributed by atoms with Gasteiger partial charge in [-0.05, 0) is 73.3 Å². The molecule has 2 N–H and O–H groups in total. The maximum absolute atomic E-state index is 13.9. The first kappa shape index (κ1) is 28.7. The molecule has 1 aliphatic carbocycles. The number of carbonyl (C=O) groups is 3. The summed E-state index contributed by atoms with van der Waals surface area (Å²) in [6.45, 7) is 14.8. The van der Waals surface area contributed by atoms with E-state index in [-0.39, 0.29) is 17.9 Å². The second kappa shape index (κ2) is 11.9. The second-order valence-corrected chi connectivity index (χ2v) is 11.4. The van der Waals surface area contributed by atoms with E-state index in [0.717, 1.165) is 36.8 Å². The first-order valence-corrected chi connectivity index (χ1v) is 12.9. The van der Waals surface area contributed by atoms with Crippen LogP contribution in [0.25, 0.3) is 0 Å². The maximum Gasteiger partial charge on any atom is 0.408 e. The molecule has 0 saturated heterocycles. The van der Waals surface area contributed by atoms with Crippen molar-refractivity contribution in [3.8, 4) is 0 Å². The molecule has 1 aromatic rings. The van der Waals surface area contributed by atoms with E-state index in [4.69, 9.17) is 4.74 Å². The van der Waals surface area contributed by atoms with E-state index in [0.29, 0.717) is 6.42 Å². The van der Waals surface area contributed by atoms with Crippen molar-refractivity contribution < 1.29 is 19.1 Å². The third kappa shape index (κ3) is 8.25. The molecule has 1 aliphatic rings. The standard InChI is InChI=1S/C28H45N3O4/c1-9-28(7,8)31(25(33)20(3)29-26(34)35-27(4,5)6)23(21-15-13-14-19(2)18-21)24(32)30-22-16-11-10-12-17-22/h13-15,18,20,22-23H,9-12,16-17H2,1-8H3,(H,29,34)(H,30,32). The number of nitrogens with zero attached hydrogens (tertiary/aromatic N) is 1. The number of hydrogen-bond acceptors (Lipinski definition) is 4. The zero-order chi connectivity index (χ0) is 26.4.